The van der Waals surface area contributed by atoms with Gasteiger partial charge in [0.05, 0.1) is 17.8 Å². The van der Waals surface area contributed by atoms with Crippen molar-refractivity contribution in [3.05, 3.63) is 11.2 Å². The van der Waals surface area contributed by atoms with Crippen LogP contribution in [0.3, 0.4) is 0 Å². The molecule has 0 unspecified atom stereocenters. The Morgan fingerprint density at radius 3 is 3.55 bits per heavy atom. The fourth-order valence-electron chi connectivity index (χ4n) is 1.45. The number of thiazole rings is 1. The molecule has 0 saturated heterocycles. The van der Waals surface area contributed by atoms with Crippen LogP contribution in [-0.2, 0) is 0 Å². The summed E-state index contributed by atoms with van der Waals surface area (Å²) in [5, 5.41) is 1.04. The molecule has 60 valence electrons. The molecule has 3 heteroatoms. The van der Waals surface area contributed by atoms with Crippen molar-refractivity contribution in [3.63, 3.8) is 0 Å². The standard InChI is InChI=1S/C8H11NOS/c1-2-6-3-4-10-8-7(6)9-5-11-8/h5-6H,2-4H2,1H3/t6-/m0/s1. The van der Waals surface area contributed by atoms with Crippen molar-refractivity contribution < 1.29 is 4.74 Å². The van der Waals surface area contributed by atoms with E-state index in [0.717, 1.165) is 18.1 Å². The van der Waals surface area contributed by atoms with Crippen LogP contribution in [0.5, 0.6) is 5.06 Å². The monoisotopic (exact) mass is 169 g/mol. The summed E-state index contributed by atoms with van der Waals surface area (Å²) in [6.45, 7) is 3.08. The zero-order valence-electron chi connectivity index (χ0n) is 6.54. The molecule has 11 heavy (non-hydrogen) atoms. The van der Waals surface area contributed by atoms with Crippen molar-refractivity contribution in [3.8, 4) is 5.06 Å². The Labute approximate surface area is 70.2 Å². The Morgan fingerprint density at radius 1 is 1.82 bits per heavy atom. The van der Waals surface area contributed by atoms with Gasteiger partial charge in [0.15, 0.2) is 5.06 Å². The molecule has 0 radical (unpaired) electrons. The van der Waals surface area contributed by atoms with Gasteiger partial charge < -0.3 is 4.74 Å². The second-order valence-corrected chi connectivity index (χ2v) is 3.58. The van der Waals surface area contributed by atoms with E-state index in [1.807, 2.05) is 5.51 Å². The van der Waals surface area contributed by atoms with Crippen LogP contribution in [0.15, 0.2) is 5.51 Å². The molecule has 0 spiro atoms. The van der Waals surface area contributed by atoms with E-state index < -0.39 is 0 Å². The van der Waals surface area contributed by atoms with Gasteiger partial charge in [0.2, 0.25) is 0 Å². The predicted octanol–water partition coefficient (Wildman–Crippen LogP) is 2.42. The first-order valence-electron chi connectivity index (χ1n) is 3.98. The lowest BCUT2D eigenvalue weighted by molar-refractivity contribution is 0.271. The van der Waals surface area contributed by atoms with Crippen LogP contribution < -0.4 is 4.74 Å². The number of nitrogens with zero attached hydrogens (tertiary/aromatic N) is 1. The van der Waals surface area contributed by atoms with E-state index in [1.54, 1.807) is 11.3 Å². The maximum absolute atomic E-state index is 5.45. The van der Waals surface area contributed by atoms with Crippen molar-refractivity contribution in [2.75, 3.05) is 6.61 Å². The highest BCUT2D eigenvalue weighted by molar-refractivity contribution is 7.11. The molecule has 2 rings (SSSR count). The largest absolute Gasteiger partial charge is 0.482 e. The van der Waals surface area contributed by atoms with Crippen molar-refractivity contribution in [1.29, 1.82) is 0 Å². The molecule has 2 heterocycles. The van der Waals surface area contributed by atoms with Gasteiger partial charge in [-0.25, -0.2) is 4.98 Å². The van der Waals surface area contributed by atoms with Crippen molar-refractivity contribution in [2.45, 2.75) is 25.7 Å². The minimum absolute atomic E-state index is 0.644. The van der Waals surface area contributed by atoms with E-state index in [4.69, 9.17) is 4.74 Å². The van der Waals surface area contributed by atoms with E-state index in [1.165, 1.54) is 12.1 Å². The second-order valence-electron chi connectivity index (χ2n) is 2.77. The van der Waals surface area contributed by atoms with Crippen molar-refractivity contribution in [2.24, 2.45) is 0 Å². The first kappa shape index (κ1) is 7.10. The molecule has 1 atom stereocenters. The predicted molar refractivity (Wildman–Crippen MR) is 45.3 cm³/mol. The third-order valence-electron chi connectivity index (χ3n) is 2.14. The van der Waals surface area contributed by atoms with Crippen LogP contribution in [0, 0.1) is 0 Å². The Morgan fingerprint density at radius 2 is 2.73 bits per heavy atom. The topological polar surface area (TPSA) is 22.1 Å². The summed E-state index contributed by atoms with van der Waals surface area (Å²) in [7, 11) is 0. The molecule has 0 amide bonds. The lowest BCUT2D eigenvalue weighted by Crippen LogP contribution is -2.12. The van der Waals surface area contributed by atoms with E-state index in [0.29, 0.717) is 5.92 Å². The van der Waals surface area contributed by atoms with Gasteiger partial charge >= 0.3 is 0 Å². The molecule has 0 saturated carbocycles. The van der Waals surface area contributed by atoms with E-state index in [2.05, 4.69) is 11.9 Å². The number of hydrogen-bond acceptors (Lipinski definition) is 3. The first-order valence-corrected chi connectivity index (χ1v) is 4.86. The van der Waals surface area contributed by atoms with Gasteiger partial charge in [-0.2, -0.15) is 0 Å². The summed E-state index contributed by atoms with van der Waals surface area (Å²) in [5.41, 5.74) is 3.06. The molecule has 0 aromatic carbocycles. The lowest BCUT2D eigenvalue weighted by Gasteiger charge is -2.19. The molecule has 1 aromatic rings. The van der Waals surface area contributed by atoms with Crippen molar-refractivity contribution >= 4 is 11.3 Å². The Kier molecular flexibility index (Phi) is 1.82. The highest BCUT2D eigenvalue weighted by Gasteiger charge is 2.22. The highest BCUT2D eigenvalue weighted by atomic mass is 32.1. The number of fused-ring (bicyclic) bond motifs is 1. The first-order chi connectivity index (χ1) is 5.42. The minimum atomic E-state index is 0.644. The smallest absolute Gasteiger partial charge is 0.197 e. The molecular weight excluding hydrogens is 158 g/mol. The maximum Gasteiger partial charge on any atom is 0.197 e. The minimum Gasteiger partial charge on any atom is -0.482 e. The normalized spacial score (nSPS) is 22.5. The van der Waals surface area contributed by atoms with Crippen LogP contribution in [0.2, 0.25) is 0 Å². The van der Waals surface area contributed by atoms with Crippen LogP contribution >= 0.6 is 11.3 Å². The number of aromatic nitrogens is 1. The van der Waals surface area contributed by atoms with Crippen LogP contribution in [0.4, 0.5) is 0 Å². The zero-order chi connectivity index (χ0) is 7.68. The van der Waals surface area contributed by atoms with E-state index in [-0.39, 0.29) is 0 Å². The van der Waals surface area contributed by atoms with Crippen LogP contribution in [0.25, 0.3) is 0 Å². The summed E-state index contributed by atoms with van der Waals surface area (Å²) in [6, 6.07) is 0. The van der Waals surface area contributed by atoms with Crippen molar-refractivity contribution in [1.82, 2.24) is 4.98 Å². The summed E-state index contributed by atoms with van der Waals surface area (Å²) in [6.07, 6.45) is 2.31. The Hall–Kier alpha value is -0.570. The van der Waals surface area contributed by atoms with E-state index >= 15 is 0 Å². The second kappa shape index (κ2) is 2.81. The molecule has 0 fully saturated rings. The summed E-state index contributed by atoms with van der Waals surface area (Å²) in [4.78, 5) is 4.30. The zero-order valence-corrected chi connectivity index (χ0v) is 7.36. The van der Waals surface area contributed by atoms with Crippen LogP contribution in [-0.4, -0.2) is 11.6 Å². The van der Waals surface area contributed by atoms with Gasteiger partial charge in [-0.3, -0.25) is 0 Å². The fraction of sp³-hybridized carbons (Fsp3) is 0.625. The fourth-order valence-corrected chi connectivity index (χ4v) is 2.21. The number of hydrogen-bond donors (Lipinski definition) is 0. The van der Waals surface area contributed by atoms with Gasteiger partial charge in [0.25, 0.3) is 0 Å². The molecular formula is C8H11NOS. The quantitative estimate of drug-likeness (QED) is 0.644. The van der Waals surface area contributed by atoms with Gasteiger partial charge in [-0.1, -0.05) is 18.3 Å². The number of ether oxygens (including phenoxy) is 1. The molecule has 1 aliphatic heterocycles. The Bertz CT molecular complexity index is 246. The molecule has 0 aliphatic carbocycles. The van der Waals surface area contributed by atoms with Gasteiger partial charge in [0, 0.05) is 5.92 Å². The van der Waals surface area contributed by atoms with Crippen LogP contribution in [0.1, 0.15) is 31.4 Å². The Balaban J connectivity index is 2.32. The molecule has 0 bridgehead atoms. The van der Waals surface area contributed by atoms with Gasteiger partial charge in [-0.05, 0) is 12.8 Å². The third kappa shape index (κ3) is 1.13. The van der Waals surface area contributed by atoms with E-state index in [9.17, 15) is 0 Å². The molecule has 2 nitrogen and oxygen atoms in total. The molecule has 0 N–H and O–H groups in total. The maximum atomic E-state index is 5.45. The summed E-state index contributed by atoms with van der Waals surface area (Å²) in [5.74, 6) is 0.644. The SMILES string of the molecule is CC[C@H]1CCOc2scnc21. The highest BCUT2D eigenvalue weighted by Crippen LogP contribution is 2.37. The number of rotatable bonds is 1. The third-order valence-corrected chi connectivity index (χ3v) is 2.89. The van der Waals surface area contributed by atoms with Gasteiger partial charge in [-0.15, -0.1) is 0 Å². The summed E-state index contributed by atoms with van der Waals surface area (Å²) >= 11 is 1.61. The van der Waals surface area contributed by atoms with Gasteiger partial charge in [0.1, 0.15) is 0 Å². The summed E-state index contributed by atoms with van der Waals surface area (Å²) < 4.78 is 5.45. The molecule has 1 aromatic heterocycles. The lowest BCUT2D eigenvalue weighted by atomic mass is 9.98. The average molecular weight is 169 g/mol. The average Bonchev–Trinajstić information content (AvgIpc) is 2.50. The molecule has 1 aliphatic rings.